The Balaban J connectivity index is 2.23. The zero-order valence-electron chi connectivity index (χ0n) is 8.96. The summed E-state index contributed by atoms with van der Waals surface area (Å²) in [4.78, 5) is 7.46. The minimum Gasteiger partial charge on any atom is -0.347 e. The molecule has 3 N–H and O–H groups in total. The fourth-order valence-corrected chi connectivity index (χ4v) is 2.53. The predicted molar refractivity (Wildman–Crippen MR) is 56.6 cm³/mol. The van der Waals surface area contributed by atoms with Crippen molar-refractivity contribution in [1.29, 1.82) is 0 Å². The van der Waals surface area contributed by atoms with Crippen molar-refractivity contribution in [2.24, 2.45) is 17.6 Å². The number of nitrogens with one attached hydrogen (secondary N) is 1. The van der Waals surface area contributed by atoms with Crippen LogP contribution in [-0.4, -0.2) is 9.97 Å². The zero-order valence-corrected chi connectivity index (χ0v) is 8.96. The molecule has 0 bridgehead atoms. The van der Waals surface area contributed by atoms with E-state index in [2.05, 4.69) is 23.8 Å². The van der Waals surface area contributed by atoms with Crippen LogP contribution in [0.25, 0.3) is 0 Å². The third-order valence-corrected chi connectivity index (χ3v) is 3.63. The highest BCUT2D eigenvalue weighted by molar-refractivity contribution is 5.09. The van der Waals surface area contributed by atoms with Gasteiger partial charge in [-0.1, -0.05) is 13.8 Å². The Bertz CT molecular complexity index is 293. The monoisotopic (exact) mass is 193 g/mol. The number of nitrogens with zero attached hydrogens (tertiary/aromatic N) is 1. The fraction of sp³-hybridized carbons (Fsp3) is 0.727. The number of imidazole rings is 1. The average molecular weight is 193 g/mol. The number of hydrogen-bond donors (Lipinski definition) is 2. The maximum atomic E-state index is 6.44. The molecule has 3 nitrogen and oxygen atoms in total. The summed E-state index contributed by atoms with van der Waals surface area (Å²) in [6.45, 7) is 4.54. The fourth-order valence-electron chi connectivity index (χ4n) is 2.53. The molecule has 0 aromatic carbocycles. The van der Waals surface area contributed by atoms with Gasteiger partial charge in [0.15, 0.2) is 0 Å². The maximum absolute atomic E-state index is 6.44. The van der Waals surface area contributed by atoms with Gasteiger partial charge in [0.1, 0.15) is 5.82 Å². The Morgan fingerprint density at radius 2 is 2.36 bits per heavy atom. The lowest BCUT2D eigenvalue weighted by molar-refractivity contribution is 0.156. The molecule has 78 valence electrons. The third-order valence-electron chi connectivity index (χ3n) is 3.63. The summed E-state index contributed by atoms with van der Waals surface area (Å²) in [5.41, 5.74) is 6.21. The lowest BCUT2D eigenvalue weighted by atomic mass is 9.70. The number of H-pyrrole nitrogens is 1. The summed E-state index contributed by atoms with van der Waals surface area (Å²) < 4.78 is 0. The van der Waals surface area contributed by atoms with Crippen LogP contribution in [0.1, 0.15) is 38.9 Å². The molecule has 1 aliphatic rings. The van der Waals surface area contributed by atoms with Crippen molar-refractivity contribution in [2.45, 2.75) is 38.6 Å². The molecule has 3 heteroatoms. The molecule has 1 aliphatic carbocycles. The first-order valence-corrected chi connectivity index (χ1v) is 5.41. The van der Waals surface area contributed by atoms with E-state index in [9.17, 15) is 0 Å². The molecule has 0 aliphatic heterocycles. The van der Waals surface area contributed by atoms with Crippen LogP contribution in [0.4, 0.5) is 0 Å². The van der Waals surface area contributed by atoms with E-state index in [1.807, 2.05) is 6.20 Å². The second-order valence-corrected chi connectivity index (χ2v) is 4.76. The molecule has 0 spiro atoms. The molecule has 1 aromatic rings. The van der Waals surface area contributed by atoms with Crippen molar-refractivity contribution in [2.75, 3.05) is 0 Å². The van der Waals surface area contributed by atoms with E-state index in [-0.39, 0.29) is 5.54 Å². The van der Waals surface area contributed by atoms with Crippen LogP contribution in [0.2, 0.25) is 0 Å². The molecule has 1 heterocycles. The number of rotatable bonds is 1. The Kier molecular flexibility index (Phi) is 2.35. The van der Waals surface area contributed by atoms with Gasteiger partial charge in [0.2, 0.25) is 0 Å². The van der Waals surface area contributed by atoms with Gasteiger partial charge in [0, 0.05) is 12.4 Å². The summed E-state index contributed by atoms with van der Waals surface area (Å²) in [6.07, 6.45) is 7.10. The Morgan fingerprint density at radius 3 is 2.93 bits per heavy atom. The van der Waals surface area contributed by atoms with Gasteiger partial charge in [-0.15, -0.1) is 0 Å². The molecule has 0 saturated heterocycles. The number of aromatic nitrogens is 2. The van der Waals surface area contributed by atoms with Gasteiger partial charge in [0.25, 0.3) is 0 Å². The van der Waals surface area contributed by atoms with Gasteiger partial charge in [0.05, 0.1) is 5.54 Å². The van der Waals surface area contributed by atoms with Crippen molar-refractivity contribution < 1.29 is 0 Å². The van der Waals surface area contributed by atoms with Crippen LogP contribution < -0.4 is 5.73 Å². The van der Waals surface area contributed by atoms with Crippen molar-refractivity contribution in [3.8, 4) is 0 Å². The Morgan fingerprint density at radius 1 is 1.57 bits per heavy atom. The van der Waals surface area contributed by atoms with Crippen molar-refractivity contribution in [3.63, 3.8) is 0 Å². The molecular weight excluding hydrogens is 174 g/mol. The van der Waals surface area contributed by atoms with Gasteiger partial charge in [-0.2, -0.15) is 0 Å². The summed E-state index contributed by atoms with van der Waals surface area (Å²) in [5.74, 6) is 2.27. The minimum atomic E-state index is -0.226. The third kappa shape index (κ3) is 1.46. The number of hydrogen-bond acceptors (Lipinski definition) is 2. The molecule has 0 amide bonds. The van der Waals surface area contributed by atoms with E-state index in [1.54, 1.807) is 6.20 Å². The lowest BCUT2D eigenvalue weighted by Crippen LogP contribution is -2.47. The normalized spacial score (nSPS) is 38.5. The second kappa shape index (κ2) is 3.39. The molecule has 3 atom stereocenters. The van der Waals surface area contributed by atoms with Crippen molar-refractivity contribution in [1.82, 2.24) is 9.97 Å². The topological polar surface area (TPSA) is 54.7 Å². The predicted octanol–water partition coefficient (Wildman–Crippen LogP) is 2.02. The summed E-state index contributed by atoms with van der Waals surface area (Å²) >= 11 is 0. The molecule has 2 rings (SSSR count). The van der Waals surface area contributed by atoms with E-state index in [0.29, 0.717) is 5.92 Å². The van der Waals surface area contributed by atoms with E-state index in [1.165, 1.54) is 12.8 Å². The van der Waals surface area contributed by atoms with E-state index in [4.69, 9.17) is 5.73 Å². The van der Waals surface area contributed by atoms with Crippen LogP contribution in [-0.2, 0) is 5.54 Å². The first-order valence-electron chi connectivity index (χ1n) is 5.41. The van der Waals surface area contributed by atoms with Gasteiger partial charge in [-0.25, -0.2) is 4.98 Å². The van der Waals surface area contributed by atoms with Crippen LogP contribution in [0, 0.1) is 11.8 Å². The first-order chi connectivity index (χ1) is 6.63. The molecule has 0 radical (unpaired) electrons. The van der Waals surface area contributed by atoms with Crippen LogP contribution in [0.3, 0.4) is 0 Å². The molecule has 1 saturated carbocycles. The minimum absolute atomic E-state index is 0.226. The molecule has 1 aromatic heterocycles. The second-order valence-electron chi connectivity index (χ2n) is 4.76. The molecular formula is C11H19N3. The first kappa shape index (κ1) is 9.71. The standard InChI is InChI=1S/C11H19N3/c1-8-3-4-11(12,9(2)7-8)10-13-5-6-14-10/h5-6,8-9H,3-4,7,12H2,1-2H3,(H,13,14)/t8-,9-,11+/m1/s1. The molecule has 14 heavy (non-hydrogen) atoms. The van der Waals surface area contributed by atoms with Gasteiger partial charge < -0.3 is 10.7 Å². The van der Waals surface area contributed by atoms with Crippen molar-refractivity contribution in [3.05, 3.63) is 18.2 Å². The SMILES string of the molecule is C[C@@H]1CC[C@@](N)(c2ncc[nH]2)[C@H](C)C1. The average Bonchev–Trinajstić information content (AvgIpc) is 2.65. The van der Waals surface area contributed by atoms with E-state index < -0.39 is 0 Å². The van der Waals surface area contributed by atoms with Gasteiger partial charge in [-0.05, 0) is 31.1 Å². The highest BCUT2D eigenvalue weighted by Crippen LogP contribution is 2.40. The maximum Gasteiger partial charge on any atom is 0.126 e. The van der Waals surface area contributed by atoms with E-state index >= 15 is 0 Å². The quantitative estimate of drug-likeness (QED) is 0.717. The summed E-state index contributed by atoms with van der Waals surface area (Å²) in [6, 6.07) is 0. The van der Waals surface area contributed by atoms with Crippen LogP contribution in [0.5, 0.6) is 0 Å². The number of nitrogens with two attached hydrogens (primary N) is 1. The summed E-state index contributed by atoms with van der Waals surface area (Å²) in [7, 11) is 0. The zero-order chi connectivity index (χ0) is 10.2. The highest BCUT2D eigenvalue weighted by Gasteiger charge is 2.39. The Labute approximate surface area is 85.1 Å². The highest BCUT2D eigenvalue weighted by atomic mass is 15.0. The van der Waals surface area contributed by atoms with Crippen molar-refractivity contribution >= 4 is 0 Å². The largest absolute Gasteiger partial charge is 0.347 e. The van der Waals surface area contributed by atoms with Gasteiger partial charge in [-0.3, -0.25) is 0 Å². The molecule has 0 unspecified atom stereocenters. The van der Waals surface area contributed by atoms with E-state index in [0.717, 1.165) is 18.2 Å². The molecule has 1 fully saturated rings. The van der Waals surface area contributed by atoms with Crippen LogP contribution in [0.15, 0.2) is 12.4 Å². The lowest BCUT2D eigenvalue weighted by Gasteiger charge is -2.40. The van der Waals surface area contributed by atoms with Gasteiger partial charge >= 0.3 is 0 Å². The van der Waals surface area contributed by atoms with Crippen LogP contribution >= 0.6 is 0 Å². The Hall–Kier alpha value is -0.830. The number of aromatic amines is 1. The smallest absolute Gasteiger partial charge is 0.126 e. The summed E-state index contributed by atoms with van der Waals surface area (Å²) in [5, 5.41) is 0.